The van der Waals surface area contributed by atoms with Crippen molar-refractivity contribution in [2.24, 2.45) is 0 Å². The van der Waals surface area contributed by atoms with Crippen molar-refractivity contribution >= 4 is 17.5 Å². The molecule has 0 radical (unpaired) electrons. The van der Waals surface area contributed by atoms with E-state index in [0.29, 0.717) is 12.1 Å². The summed E-state index contributed by atoms with van der Waals surface area (Å²) in [4.78, 5) is 11.8. The highest BCUT2D eigenvalue weighted by Crippen LogP contribution is 2.18. The van der Waals surface area contributed by atoms with E-state index in [1.165, 1.54) is 0 Å². The topological polar surface area (TPSA) is 29.1 Å². The molecule has 0 aliphatic heterocycles. The number of alkyl halides is 1. The zero-order valence-electron chi connectivity index (χ0n) is 9.84. The SMILES string of the molecule is O=C(NC[C@H](Cl)c1ccccc1)c1ccccc1. The lowest BCUT2D eigenvalue weighted by atomic mass is 10.1. The fraction of sp³-hybridized carbons (Fsp3) is 0.133. The fourth-order valence-electron chi connectivity index (χ4n) is 1.65. The van der Waals surface area contributed by atoms with E-state index in [1.807, 2.05) is 48.5 Å². The van der Waals surface area contributed by atoms with Crippen LogP contribution in [-0.2, 0) is 0 Å². The lowest BCUT2D eigenvalue weighted by Gasteiger charge is -2.11. The highest BCUT2D eigenvalue weighted by Gasteiger charge is 2.10. The first-order valence-electron chi connectivity index (χ1n) is 5.79. The van der Waals surface area contributed by atoms with Gasteiger partial charge in [0.1, 0.15) is 0 Å². The van der Waals surface area contributed by atoms with Crippen LogP contribution in [0.5, 0.6) is 0 Å². The first kappa shape index (κ1) is 12.7. The van der Waals surface area contributed by atoms with Gasteiger partial charge in [0.15, 0.2) is 0 Å². The maximum atomic E-state index is 11.8. The summed E-state index contributed by atoms with van der Waals surface area (Å²) >= 11 is 6.22. The first-order chi connectivity index (χ1) is 8.77. The number of hydrogen-bond donors (Lipinski definition) is 1. The molecule has 0 bridgehead atoms. The molecular weight excluding hydrogens is 246 g/mol. The number of rotatable bonds is 4. The van der Waals surface area contributed by atoms with E-state index in [1.54, 1.807) is 12.1 Å². The molecule has 1 N–H and O–H groups in total. The van der Waals surface area contributed by atoms with Crippen molar-refractivity contribution in [3.05, 3.63) is 71.8 Å². The minimum Gasteiger partial charge on any atom is -0.350 e. The summed E-state index contributed by atoms with van der Waals surface area (Å²) in [5.41, 5.74) is 1.65. The van der Waals surface area contributed by atoms with Crippen molar-refractivity contribution in [1.82, 2.24) is 5.32 Å². The number of amides is 1. The van der Waals surface area contributed by atoms with E-state index >= 15 is 0 Å². The average molecular weight is 260 g/mol. The summed E-state index contributed by atoms with van der Waals surface area (Å²) in [6.45, 7) is 0.416. The second kappa shape index (κ2) is 6.22. The summed E-state index contributed by atoms with van der Waals surface area (Å²) < 4.78 is 0. The fourth-order valence-corrected chi connectivity index (χ4v) is 1.88. The van der Waals surface area contributed by atoms with Crippen LogP contribution in [0.1, 0.15) is 21.3 Å². The predicted molar refractivity (Wildman–Crippen MR) is 73.8 cm³/mol. The molecule has 1 atom stereocenters. The highest BCUT2D eigenvalue weighted by atomic mass is 35.5. The maximum Gasteiger partial charge on any atom is 0.251 e. The Morgan fingerprint density at radius 2 is 1.56 bits per heavy atom. The molecule has 0 heterocycles. The van der Waals surface area contributed by atoms with Gasteiger partial charge in [-0.3, -0.25) is 4.79 Å². The third-order valence-electron chi connectivity index (χ3n) is 2.64. The molecular formula is C15H14ClNO. The van der Waals surface area contributed by atoms with Gasteiger partial charge in [-0.25, -0.2) is 0 Å². The van der Waals surface area contributed by atoms with Crippen molar-refractivity contribution in [2.75, 3.05) is 6.54 Å². The van der Waals surface area contributed by atoms with Gasteiger partial charge in [0, 0.05) is 12.1 Å². The molecule has 0 aliphatic carbocycles. The van der Waals surface area contributed by atoms with E-state index < -0.39 is 0 Å². The predicted octanol–water partition coefficient (Wildman–Crippen LogP) is 3.40. The van der Waals surface area contributed by atoms with Gasteiger partial charge in [0.2, 0.25) is 0 Å². The van der Waals surface area contributed by atoms with Gasteiger partial charge in [-0.2, -0.15) is 0 Å². The Labute approximate surface area is 112 Å². The zero-order chi connectivity index (χ0) is 12.8. The lowest BCUT2D eigenvalue weighted by Crippen LogP contribution is -2.26. The Morgan fingerprint density at radius 1 is 1.00 bits per heavy atom. The number of carbonyl (C=O) groups excluding carboxylic acids is 1. The van der Waals surface area contributed by atoms with E-state index in [9.17, 15) is 4.79 Å². The second-order valence-corrected chi connectivity index (χ2v) is 4.48. The minimum absolute atomic E-state index is 0.0998. The minimum atomic E-state index is -0.209. The molecule has 2 aromatic carbocycles. The number of nitrogens with one attached hydrogen (secondary N) is 1. The van der Waals surface area contributed by atoms with Gasteiger partial charge in [-0.15, -0.1) is 11.6 Å². The number of carbonyl (C=O) groups is 1. The second-order valence-electron chi connectivity index (χ2n) is 3.95. The van der Waals surface area contributed by atoms with Crippen LogP contribution in [0, 0.1) is 0 Å². The molecule has 18 heavy (non-hydrogen) atoms. The number of benzene rings is 2. The van der Waals surface area contributed by atoms with Gasteiger partial charge >= 0.3 is 0 Å². The van der Waals surface area contributed by atoms with Crippen molar-refractivity contribution in [1.29, 1.82) is 0 Å². The van der Waals surface area contributed by atoms with Gasteiger partial charge in [-0.1, -0.05) is 48.5 Å². The van der Waals surface area contributed by atoms with Gasteiger partial charge in [-0.05, 0) is 17.7 Å². The van der Waals surface area contributed by atoms with Gasteiger partial charge in [0.05, 0.1) is 5.38 Å². The van der Waals surface area contributed by atoms with Gasteiger partial charge in [0.25, 0.3) is 5.91 Å². The largest absolute Gasteiger partial charge is 0.350 e. The standard InChI is InChI=1S/C15H14ClNO/c16-14(12-7-3-1-4-8-12)11-17-15(18)13-9-5-2-6-10-13/h1-10,14H,11H2,(H,17,18)/t14-/m0/s1. The smallest absolute Gasteiger partial charge is 0.251 e. The molecule has 0 aromatic heterocycles. The van der Waals surface area contributed by atoms with Crippen LogP contribution in [0.15, 0.2) is 60.7 Å². The maximum absolute atomic E-state index is 11.8. The van der Waals surface area contributed by atoms with Crippen LogP contribution in [0.2, 0.25) is 0 Å². The summed E-state index contributed by atoms with van der Waals surface area (Å²) in [6, 6.07) is 18.8. The van der Waals surface area contributed by atoms with Crippen LogP contribution >= 0.6 is 11.6 Å². The van der Waals surface area contributed by atoms with Gasteiger partial charge < -0.3 is 5.32 Å². The lowest BCUT2D eigenvalue weighted by molar-refractivity contribution is 0.0953. The summed E-state index contributed by atoms with van der Waals surface area (Å²) in [7, 11) is 0. The summed E-state index contributed by atoms with van der Waals surface area (Å²) in [5, 5.41) is 2.62. The van der Waals surface area contributed by atoms with E-state index in [-0.39, 0.29) is 11.3 Å². The van der Waals surface area contributed by atoms with Crippen LogP contribution in [-0.4, -0.2) is 12.5 Å². The molecule has 2 rings (SSSR count). The average Bonchev–Trinajstić information content (AvgIpc) is 2.46. The zero-order valence-corrected chi connectivity index (χ0v) is 10.6. The Bertz CT molecular complexity index is 498. The molecule has 92 valence electrons. The Hall–Kier alpha value is -1.80. The van der Waals surface area contributed by atoms with E-state index in [0.717, 1.165) is 5.56 Å². The third kappa shape index (κ3) is 3.34. The third-order valence-corrected chi connectivity index (χ3v) is 3.05. The molecule has 2 nitrogen and oxygen atoms in total. The van der Waals surface area contributed by atoms with Crippen LogP contribution < -0.4 is 5.32 Å². The summed E-state index contributed by atoms with van der Waals surface area (Å²) in [6.07, 6.45) is 0. The van der Waals surface area contributed by atoms with Crippen molar-refractivity contribution in [3.8, 4) is 0 Å². The van der Waals surface area contributed by atoms with Crippen LogP contribution in [0.4, 0.5) is 0 Å². The van der Waals surface area contributed by atoms with E-state index in [4.69, 9.17) is 11.6 Å². The Morgan fingerprint density at radius 3 is 2.17 bits per heavy atom. The highest BCUT2D eigenvalue weighted by molar-refractivity contribution is 6.21. The van der Waals surface area contributed by atoms with Crippen molar-refractivity contribution < 1.29 is 4.79 Å². The molecule has 0 saturated heterocycles. The Kier molecular flexibility index (Phi) is 4.37. The van der Waals surface area contributed by atoms with Crippen LogP contribution in [0.25, 0.3) is 0 Å². The molecule has 3 heteroatoms. The number of hydrogen-bond acceptors (Lipinski definition) is 1. The molecule has 0 spiro atoms. The molecule has 0 aliphatic rings. The Balaban J connectivity index is 1.91. The van der Waals surface area contributed by atoms with Crippen molar-refractivity contribution in [2.45, 2.75) is 5.38 Å². The first-order valence-corrected chi connectivity index (χ1v) is 6.23. The molecule has 1 amide bonds. The molecule has 0 unspecified atom stereocenters. The number of halogens is 1. The van der Waals surface area contributed by atoms with Crippen LogP contribution in [0.3, 0.4) is 0 Å². The normalized spacial score (nSPS) is 11.8. The molecule has 0 saturated carbocycles. The summed E-state index contributed by atoms with van der Waals surface area (Å²) in [5.74, 6) is -0.0998. The van der Waals surface area contributed by atoms with E-state index in [2.05, 4.69) is 5.32 Å². The molecule has 2 aromatic rings. The van der Waals surface area contributed by atoms with Crippen molar-refractivity contribution in [3.63, 3.8) is 0 Å². The monoisotopic (exact) mass is 259 g/mol. The quantitative estimate of drug-likeness (QED) is 0.838. The molecule has 0 fully saturated rings.